The Morgan fingerprint density at radius 3 is 2.90 bits per heavy atom. The van der Waals surface area contributed by atoms with Crippen LogP contribution in [0.25, 0.3) is 0 Å². The SMILES string of the molecule is CCC1CCCC(Cc2ccc(F)c(Br)c2)(C(=O)O)C1. The van der Waals surface area contributed by atoms with Crippen LogP contribution in [0.4, 0.5) is 4.39 Å². The molecule has 0 aliphatic heterocycles. The summed E-state index contributed by atoms with van der Waals surface area (Å²) in [5.74, 6) is -0.534. The molecular weight excluding hydrogens is 323 g/mol. The highest BCUT2D eigenvalue weighted by molar-refractivity contribution is 9.10. The third-order valence-corrected chi connectivity index (χ3v) is 5.11. The number of aliphatic carboxylic acids is 1. The van der Waals surface area contributed by atoms with Gasteiger partial charge in [-0.3, -0.25) is 4.79 Å². The molecule has 2 atom stereocenters. The number of rotatable bonds is 4. The highest BCUT2D eigenvalue weighted by atomic mass is 79.9. The first-order valence-electron chi connectivity index (χ1n) is 7.14. The third kappa shape index (κ3) is 3.22. The summed E-state index contributed by atoms with van der Waals surface area (Å²) in [6, 6.07) is 4.80. The maximum absolute atomic E-state index is 13.3. The largest absolute Gasteiger partial charge is 0.481 e. The molecule has 1 aliphatic rings. The highest BCUT2D eigenvalue weighted by Gasteiger charge is 2.42. The molecule has 2 unspecified atom stereocenters. The molecule has 1 saturated carbocycles. The van der Waals surface area contributed by atoms with Crippen LogP contribution in [-0.4, -0.2) is 11.1 Å². The van der Waals surface area contributed by atoms with Gasteiger partial charge in [-0.05, 0) is 58.8 Å². The van der Waals surface area contributed by atoms with Crippen molar-refractivity contribution in [1.82, 2.24) is 0 Å². The number of carboxylic acid groups (broad SMARTS) is 1. The number of carbonyl (C=O) groups is 1. The predicted molar refractivity (Wildman–Crippen MR) is 80.1 cm³/mol. The molecule has 0 heterocycles. The summed E-state index contributed by atoms with van der Waals surface area (Å²) >= 11 is 3.17. The molecule has 0 spiro atoms. The molecule has 0 amide bonds. The van der Waals surface area contributed by atoms with E-state index < -0.39 is 11.4 Å². The van der Waals surface area contributed by atoms with Crippen molar-refractivity contribution in [3.63, 3.8) is 0 Å². The topological polar surface area (TPSA) is 37.3 Å². The Labute approximate surface area is 127 Å². The van der Waals surface area contributed by atoms with Crippen LogP contribution in [0.1, 0.15) is 44.6 Å². The lowest BCUT2D eigenvalue weighted by Gasteiger charge is -2.37. The molecule has 2 rings (SSSR count). The molecule has 1 aromatic rings. The average Bonchev–Trinajstić information content (AvgIpc) is 2.43. The van der Waals surface area contributed by atoms with Gasteiger partial charge in [0.2, 0.25) is 0 Å². The minimum atomic E-state index is -0.712. The van der Waals surface area contributed by atoms with Crippen molar-refractivity contribution < 1.29 is 14.3 Å². The van der Waals surface area contributed by atoms with Gasteiger partial charge < -0.3 is 5.11 Å². The summed E-state index contributed by atoms with van der Waals surface area (Å²) in [7, 11) is 0. The Hall–Kier alpha value is -0.900. The van der Waals surface area contributed by atoms with E-state index in [-0.39, 0.29) is 5.82 Å². The molecule has 0 aromatic heterocycles. The van der Waals surface area contributed by atoms with Crippen LogP contribution in [0.3, 0.4) is 0 Å². The molecule has 110 valence electrons. The maximum atomic E-state index is 13.3. The minimum absolute atomic E-state index is 0.312. The normalized spacial score (nSPS) is 26.4. The summed E-state index contributed by atoms with van der Waals surface area (Å²) in [5, 5.41) is 9.70. The first-order chi connectivity index (χ1) is 9.47. The Morgan fingerprint density at radius 1 is 1.55 bits per heavy atom. The maximum Gasteiger partial charge on any atom is 0.309 e. The van der Waals surface area contributed by atoms with Crippen LogP contribution < -0.4 is 0 Å². The van der Waals surface area contributed by atoms with E-state index in [0.29, 0.717) is 23.2 Å². The van der Waals surface area contributed by atoms with Gasteiger partial charge in [0.05, 0.1) is 9.89 Å². The van der Waals surface area contributed by atoms with Crippen molar-refractivity contribution in [3.05, 3.63) is 34.1 Å². The smallest absolute Gasteiger partial charge is 0.309 e. The van der Waals surface area contributed by atoms with Crippen LogP contribution in [-0.2, 0) is 11.2 Å². The van der Waals surface area contributed by atoms with Crippen molar-refractivity contribution in [2.45, 2.75) is 45.4 Å². The van der Waals surface area contributed by atoms with Crippen LogP contribution in [0.15, 0.2) is 22.7 Å². The van der Waals surface area contributed by atoms with E-state index in [2.05, 4.69) is 22.9 Å². The molecule has 20 heavy (non-hydrogen) atoms. The van der Waals surface area contributed by atoms with E-state index in [4.69, 9.17) is 0 Å². The molecule has 1 aliphatic carbocycles. The molecule has 2 nitrogen and oxygen atoms in total. The number of hydrogen-bond donors (Lipinski definition) is 1. The first-order valence-corrected chi connectivity index (χ1v) is 7.93. The van der Waals surface area contributed by atoms with Gasteiger partial charge in [0.15, 0.2) is 0 Å². The van der Waals surface area contributed by atoms with Gasteiger partial charge in [-0.1, -0.05) is 32.3 Å². The lowest BCUT2D eigenvalue weighted by molar-refractivity contribution is -0.152. The minimum Gasteiger partial charge on any atom is -0.481 e. The van der Waals surface area contributed by atoms with E-state index in [9.17, 15) is 14.3 Å². The summed E-state index contributed by atoms with van der Waals surface area (Å²) in [6.45, 7) is 2.12. The third-order valence-electron chi connectivity index (χ3n) is 4.50. The number of hydrogen-bond acceptors (Lipinski definition) is 1. The van der Waals surface area contributed by atoms with E-state index in [0.717, 1.165) is 31.2 Å². The molecule has 1 N–H and O–H groups in total. The van der Waals surface area contributed by atoms with Crippen molar-refractivity contribution in [1.29, 1.82) is 0 Å². The fourth-order valence-corrected chi connectivity index (χ4v) is 3.73. The zero-order valence-corrected chi connectivity index (χ0v) is 13.2. The van der Waals surface area contributed by atoms with Crippen LogP contribution in [0.2, 0.25) is 0 Å². The second-order valence-electron chi connectivity index (χ2n) is 5.88. The van der Waals surface area contributed by atoms with Gasteiger partial charge in [0.1, 0.15) is 5.82 Å². The predicted octanol–water partition coefficient (Wildman–Crippen LogP) is 4.80. The molecule has 0 bridgehead atoms. The first kappa shape index (κ1) is 15.5. The van der Waals surface area contributed by atoms with Gasteiger partial charge in [-0.25, -0.2) is 4.39 Å². The number of carboxylic acids is 1. The molecular formula is C16H20BrFO2. The van der Waals surface area contributed by atoms with E-state index in [1.807, 2.05) is 0 Å². The lowest BCUT2D eigenvalue weighted by Crippen LogP contribution is -2.38. The summed E-state index contributed by atoms with van der Waals surface area (Å²) in [6.07, 6.45) is 5.05. The Bertz CT molecular complexity index is 503. The molecule has 0 saturated heterocycles. The zero-order chi connectivity index (χ0) is 14.8. The fourth-order valence-electron chi connectivity index (χ4n) is 3.31. The van der Waals surface area contributed by atoms with Crippen molar-refractivity contribution in [2.24, 2.45) is 11.3 Å². The average molecular weight is 343 g/mol. The Balaban J connectivity index is 2.24. The van der Waals surface area contributed by atoms with E-state index in [1.165, 1.54) is 6.07 Å². The lowest BCUT2D eigenvalue weighted by atomic mass is 9.66. The second kappa shape index (κ2) is 6.25. The quantitative estimate of drug-likeness (QED) is 0.852. The standard InChI is InChI=1S/C16H20BrFO2/c1-2-11-4-3-7-16(9-11,15(19)20)10-12-5-6-14(18)13(17)8-12/h5-6,8,11H,2-4,7,9-10H2,1H3,(H,19,20). The highest BCUT2D eigenvalue weighted by Crippen LogP contribution is 2.43. The number of halogens is 2. The van der Waals surface area contributed by atoms with E-state index >= 15 is 0 Å². The molecule has 0 radical (unpaired) electrons. The molecule has 4 heteroatoms. The Morgan fingerprint density at radius 2 is 2.30 bits per heavy atom. The fraction of sp³-hybridized carbons (Fsp3) is 0.562. The Kier molecular flexibility index (Phi) is 4.84. The summed E-state index contributed by atoms with van der Waals surface area (Å²) in [4.78, 5) is 11.8. The van der Waals surface area contributed by atoms with Gasteiger partial charge in [0.25, 0.3) is 0 Å². The van der Waals surface area contributed by atoms with E-state index in [1.54, 1.807) is 12.1 Å². The summed E-state index contributed by atoms with van der Waals surface area (Å²) < 4.78 is 13.7. The van der Waals surface area contributed by atoms with Crippen LogP contribution in [0.5, 0.6) is 0 Å². The molecule has 1 aromatic carbocycles. The van der Waals surface area contributed by atoms with Gasteiger partial charge in [-0.2, -0.15) is 0 Å². The van der Waals surface area contributed by atoms with Crippen molar-refractivity contribution in [2.75, 3.05) is 0 Å². The van der Waals surface area contributed by atoms with Crippen molar-refractivity contribution >= 4 is 21.9 Å². The van der Waals surface area contributed by atoms with Gasteiger partial charge in [-0.15, -0.1) is 0 Å². The zero-order valence-electron chi connectivity index (χ0n) is 11.7. The van der Waals surface area contributed by atoms with Crippen molar-refractivity contribution in [3.8, 4) is 0 Å². The number of benzene rings is 1. The summed E-state index contributed by atoms with van der Waals surface area (Å²) in [5.41, 5.74) is 0.202. The van der Waals surface area contributed by atoms with Gasteiger partial charge in [0, 0.05) is 0 Å². The monoisotopic (exact) mass is 342 g/mol. The van der Waals surface area contributed by atoms with Crippen LogP contribution in [0, 0.1) is 17.2 Å². The second-order valence-corrected chi connectivity index (χ2v) is 6.74. The van der Waals surface area contributed by atoms with Crippen LogP contribution >= 0.6 is 15.9 Å². The van der Waals surface area contributed by atoms with Gasteiger partial charge >= 0.3 is 5.97 Å². The molecule has 1 fully saturated rings.